The molecule has 3 aromatic rings. The normalized spacial score (nSPS) is 10.8. The molecule has 0 atom stereocenters. The Morgan fingerprint density at radius 3 is 2.68 bits per heavy atom. The van der Waals surface area contributed by atoms with Crippen molar-refractivity contribution in [3.05, 3.63) is 75.6 Å². The SMILES string of the molecule is CCc1ccccc1NCc1cc2cccc(C)c2[nH]c1=O. The lowest BCUT2D eigenvalue weighted by atomic mass is 10.1. The number of aromatic nitrogens is 1. The van der Waals surface area contributed by atoms with E-state index in [2.05, 4.69) is 29.4 Å². The summed E-state index contributed by atoms with van der Waals surface area (Å²) in [5, 5.41) is 4.45. The highest BCUT2D eigenvalue weighted by Crippen LogP contribution is 2.18. The topological polar surface area (TPSA) is 44.9 Å². The summed E-state index contributed by atoms with van der Waals surface area (Å²) >= 11 is 0. The van der Waals surface area contributed by atoms with Gasteiger partial charge < -0.3 is 10.3 Å². The zero-order valence-corrected chi connectivity index (χ0v) is 12.9. The van der Waals surface area contributed by atoms with Crippen molar-refractivity contribution >= 4 is 16.6 Å². The molecule has 0 aliphatic heterocycles. The smallest absolute Gasteiger partial charge is 0.253 e. The van der Waals surface area contributed by atoms with Gasteiger partial charge >= 0.3 is 0 Å². The standard InChI is InChI=1S/C19H20N2O/c1-3-14-8-4-5-10-17(14)20-12-16-11-15-9-6-7-13(2)18(15)21-19(16)22/h4-11,20H,3,12H2,1-2H3,(H,21,22). The summed E-state index contributed by atoms with van der Waals surface area (Å²) in [7, 11) is 0. The Balaban J connectivity index is 1.91. The summed E-state index contributed by atoms with van der Waals surface area (Å²) in [5.41, 5.74) is 5.09. The molecule has 0 spiro atoms. The second-order valence-electron chi connectivity index (χ2n) is 5.53. The van der Waals surface area contributed by atoms with Gasteiger partial charge in [-0.3, -0.25) is 4.79 Å². The van der Waals surface area contributed by atoms with Crippen molar-refractivity contribution in [2.75, 3.05) is 5.32 Å². The van der Waals surface area contributed by atoms with E-state index < -0.39 is 0 Å². The van der Waals surface area contributed by atoms with Crippen LogP contribution in [0.2, 0.25) is 0 Å². The third-order valence-corrected chi connectivity index (χ3v) is 4.03. The molecule has 2 aromatic carbocycles. The molecule has 0 aliphatic carbocycles. The molecule has 0 saturated carbocycles. The van der Waals surface area contributed by atoms with Crippen LogP contribution in [0, 0.1) is 6.92 Å². The van der Waals surface area contributed by atoms with E-state index in [9.17, 15) is 4.79 Å². The van der Waals surface area contributed by atoms with E-state index in [1.165, 1.54) is 5.56 Å². The lowest BCUT2D eigenvalue weighted by Crippen LogP contribution is -2.16. The van der Waals surface area contributed by atoms with Crippen LogP contribution in [-0.2, 0) is 13.0 Å². The number of rotatable bonds is 4. The maximum absolute atomic E-state index is 12.3. The van der Waals surface area contributed by atoms with Crippen molar-refractivity contribution in [1.82, 2.24) is 4.98 Å². The number of hydrogen-bond donors (Lipinski definition) is 2. The van der Waals surface area contributed by atoms with Gasteiger partial charge in [-0.15, -0.1) is 0 Å². The van der Waals surface area contributed by atoms with Gasteiger partial charge in [0.1, 0.15) is 0 Å². The number of aryl methyl sites for hydroxylation is 2. The van der Waals surface area contributed by atoms with E-state index in [0.717, 1.165) is 34.1 Å². The summed E-state index contributed by atoms with van der Waals surface area (Å²) in [4.78, 5) is 15.3. The Hall–Kier alpha value is -2.55. The fourth-order valence-electron chi connectivity index (χ4n) is 2.75. The number of benzene rings is 2. The van der Waals surface area contributed by atoms with Crippen LogP contribution in [0.25, 0.3) is 10.9 Å². The van der Waals surface area contributed by atoms with Crippen molar-refractivity contribution in [1.29, 1.82) is 0 Å². The molecule has 112 valence electrons. The van der Waals surface area contributed by atoms with E-state index in [1.54, 1.807) is 0 Å². The molecule has 0 fully saturated rings. The van der Waals surface area contributed by atoms with Crippen LogP contribution in [0.15, 0.2) is 53.3 Å². The van der Waals surface area contributed by atoms with E-state index in [1.807, 2.05) is 43.3 Å². The van der Waals surface area contributed by atoms with Gasteiger partial charge in [0, 0.05) is 17.8 Å². The Morgan fingerprint density at radius 1 is 1.05 bits per heavy atom. The molecule has 3 heteroatoms. The molecule has 1 heterocycles. The highest BCUT2D eigenvalue weighted by Gasteiger charge is 2.05. The quantitative estimate of drug-likeness (QED) is 0.763. The second kappa shape index (κ2) is 6.06. The monoisotopic (exact) mass is 292 g/mol. The number of H-pyrrole nitrogens is 1. The van der Waals surface area contributed by atoms with Crippen molar-refractivity contribution in [3.63, 3.8) is 0 Å². The molecule has 0 aliphatic rings. The Kier molecular flexibility index (Phi) is 3.96. The first-order valence-electron chi connectivity index (χ1n) is 7.62. The number of aromatic amines is 1. The van der Waals surface area contributed by atoms with Crippen molar-refractivity contribution in [3.8, 4) is 0 Å². The average molecular weight is 292 g/mol. The predicted molar refractivity (Wildman–Crippen MR) is 92.5 cm³/mol. The Labute approximate surface area is 130 Å². The maximum atomic E-state index is 12.3. The fourth-order valence-corrected chi connectivity index (χ4v) is 2.75. The molecular formula is C19H20N2O. The molecule has 2 N–H and O–H groups in total. The number of fused-ring (bicyclic) bond motifs is 1. The van der Waals surface area contributed by atoms with Gasteiger partial charge in [0.25, 0.3) is 5.56 Å². The molecule has 3 nitrogen and oxygen atoms in total. The average Bonchev–Trinajstić information content (AvgIpc) is 2.54. The second-order valence-corrected chi connectivity index (χ2v) is 5.53. The van der Waals surface area contributed by atoms with Crippen LogP contribution in [0.3, 0.4) is 0 Å². The van der Waals surface area contributed by atoms with E-state index in [-0.39, 0.29) is 5.56 Å². The van der Waals surface area contributed by atoms with Gasteiger partial charge in [-0.1, -0.05) is 43.3 Å². The van der Waals surface area contributed by atoms with Crippen LogP contribution < -0.4 is 10.9 Å². The Morgan fingerprint density at radius 2 is 1.86 bits per heavy atom. The van der Waals surface area contributed by atoms with E-state index >= 15 is 0 Å². The molecule has 0 unspecified atom stereocenters. The summed E-state index contributed by atoms with van der Waals surface area (Å²) in [6.07, 6.45) is 0.969. The first-order chi connectivity index (χ1) is 10.7. The number of nitrogens with one attached hydrogen (secondary N) is 2. The predicted octanol–water partition coefficient (Wildman–Crippen LogP) is 4.01. The lowest BCUT2D eigenvalue weighted by Gasteiger charge is -2.11. The van der Waals surface area contributed by atoms with Gasteiger partial charge in [-0.2, -0.15) is 0 Å². The van der Waals surface area contributed by atoms with Crippen LogP contribution >= 0.6 is 0 Å². The van der Waals surface area contributed by atoms with Crippen molar-refractivity contribution < 1.29 is 0 Å². The van der Waals surface area contributed by atoms with Crippen LogP contribution in [0.5, 0.6) is 0 Å². The minimum absolute atomic E-state index is 0.0247. The summed E-state index contributed by atoms with van der Waals surface area (Å²) < 4.78 is 0. The van der Waals surface area contributed by atoms with Gasteiger partial charge in [0.2, 0.25) is 0 Å². The Bertz CT molecular complexity index is 865. The zero-order chi connectivity index (χ0) is 15.5. The van der Waals surface area contributed by atoms with Gasteiger partial charge in [0.05, 0.1) is 5.52 Å². The summed E-state index contributed by atoms with van der Waals surface area (Å²) in [5.74, 6) is 0. The highest BCUT2D eigenvalue weighted by atomic mass is 16.1. The summed E-state index contributed by atoms with van der Waals surface area (Å²) in [6, 6.07) is 16.2. The first kappa shape index (κ1) is 14.4. The van der Waals surface area contributed by atoms with Crippen LogP contribution in [-0.4, -0.2) is 4.98 Å². The van der Waals surface area contributed by atoms with E-state index in [0.29, 0.717) is 6.54 Å². The molecule has 0 amide bonds. The van der Waals surface area contributed by atoms with Crippen molar-refractivity contribution in [2.24, 2.45) is 0 Å². The van der Waals surface area contributed by atoms with Gasteiger partial charge in [-0.05, 0) is 42.0 Å². The van der Waals surface area contributed by atoms with Gasteiger partial charge in [0.15, 0.2) is 0 Å². The van der Waals surface area contributed by atoms with Crippen LogP contribution in [0.1, 0.15) is 23.6 Å². The fraction of sp³-hybridized carbons (Fsp3) is 0.211. The molecule has 0 bridgehead atoms. The number of para-hydroxylation sites is 2. The molecule has 1 aromatic heterocycles. The molecular weight excluding hydrogens is 272 g/mol. The van der Waals surface area contributed by atoms with E-state index in [4.69, 9.17) is 0 Å². The van der Waals surface area contributed by atoms with Crippen LogP contribution in [0.4, 0.5) is 5.69 Å². The minimum Gasteiger partial charge on any atom is -0.381 e. The third-order valence-electron chi connectivity index (χ3n) is 4.03. The highest BCUT2D eigenvalue weighted by molar-refractivity contribution is 5.82. The number of pyridine rings is 1. The summed E-state index contributed by atoms with van der Waals surface area (Å²) in [6.45, 7) is 4.66. The molecule has 0 saturated heterocycles. The van der Waals surface area contributed by atoms with Crippen molar-refractivity contribution in [2.45, 2.75) is 26.8 Å². The zero-order valence-electron chi connectivity index (χ0n) is 12.9. The third kappa shape index (κ3) is 2.75. The number of hydrogen-bond acceptors (Lipinski definition) is 2. The molecule has 0 radical (unpaired) electrons. The number of anilines is 1. The largest absolute Gasteiger partial charge is 0.381 e. The molecule has 22 heavy (non-hydrogen) atoms. The minimum atomic E-state index is -0.0247. The molecule has 3 rings (SSSR count). The lowest BCUT2D eigenvalue weighted by molar-refractivity contribution is 1.06. The maximum Gasteiger partial charge on any atom is 0.253 e. The first-order valence-corrected chi connectivity index (χ1v) is 7.62. The van der Waals surface area contributed by atoms with Gasteiger partial charge in [-0.25, -0.2) is 0 Å².